The van der Waals surface area contributed by atoms with Crippen LogP contribution in [0.25, 0.3) is 0 Å². The van der Waals surface area contributed by atoms with Gasteiger partial charge in [-0.15, -0.1) is 0 Å². The number of nitrogens with zero attached hydrogens (tertiary/aromatic N) is 2. The zero-order valence-corrected chi connectivity index (χ0v) is 12.6. The summed E-state index contributed by atoms with van der Waals surface area (Å²) in [5.74, 6) is -0.00441. The molecule has 0 radical (unpaired) electrons. The third kappa shape index (κ3) is 2.96. The van der Waals surface area contributed by atoms with Crippen LogP contribution in [0.3, 0.4) is 0 Å². The number of hydrogen-bond donors (Lipinski definition) is 1. The van der Waals surface area contributed by atoms with Gasteiger partial charge in [-0.25, -0.2) is 0 Å². The van der Waals surface area contributed by atoms with Gasteiger partial charge in [-0.1, -0.05) is 0 Å². The number of likely N-dealkylation sites (tertiary alicyclic amines) is 1. The molecule has 0 aromatic heterocycles. The summed E-state index contributed by atoms with van der Waals surface area (Å²) in [7, 11) is 1.53. The minimum Gasteiger partial charge on any atom is -0.369 e. The van der Waals surface area contributed by atoms with Crippen molar-refractivity contribution in [3.63, 3.8) is 0 Å². The first kappa shape index (κ1) is 15.3. The molecule has 1 N–H and O–H groups in total. The molecule has 0 aliphatic carbocycles. The summed E-state index contributed by atoms with van der Waals surface area (Å²) in [6, 6.07) is -0.310. The molecule has 2 aliphatic heterocycles. The fraction of sp³-hybridized carbons (Fsp3) is 0.857. The molecule has 2 aliphatic rings. The van der Waals surface area contributed by atoms with Crippen molar-refractivity contribution in [2.24, 2.45) is 0 Å². The molecule has 1 atom stereocenters. The van der Waals surface area contributed by atoms with Crippen LogP contribution in [0, 0.1) is 0 Å². The van der Waals surface area contributed by atoms with Crippen molar-refractivity contribution in [1.29, 1.82) is 0 Å². The first-order valence-electron chi connectivity index (χ1n) is 7.33. The number of carbonyl (C=O) groups is 2. The molecule has 0 bridgehead atoms. The van der Waals surface area contributed by atoms with E-state index in [0.29, 0.717) is 6.54 Å². The summed E-state index contributed by atoms with van der Waals surface area (Å²) < 4.78 is 5.26. The molecule has 0 saturated carbocycles. The molecular formula is C14H25N3O3. The van der Waals surface area contributed by atoms with Gasteiger partial charge < -0.3 is 19.9 Å². The van der Waals surface area contributed by atoms with E-state index in [1.807, 2.05) is 4.90 Å². The molecule has 0 aromatic rings. The number of carbonyl (C=O) groups excluding carboxylic acids is 2. The number of amides is 2. The van der Waals surface area contributed by atoms with E-state index in [4.69, 9.17) is 4.74 Å². The molecule has 0 spiro atoms. The molecule has 2 heterocycles. The fourth-order valence-electron chi connectivity index (χ4n) is 2.80. The minimum absolute atomic E-state index is 0.0873. The van der Waals surface area contributed by atoms with Gasteiger partial charge in [0.15, 0.2) is 0 Å². The van der Waals surface area contributed by atoms with E-state index in [1.165, 1.54) is 7.11 Å². The van der Waals surface area contributed by atoms with Crippen molar-refractivity contribution in [3.8, 4) is 0 Å². The Balaban J connectivity index is 2.06. The number of hydrogen-bond acceptors (Lipinski definition) is 4. The standard InChI is InChI=1S/C14H25N3O3/c1-14(2,20-3)13(19)17-8-4-5-11(17)12(18)16-9-6-15-7-10-16/h11,15H,4-10H2,1-3H3. The van der Waals surface area contributed by atoms with Crippen LogP contribution in [0.2, 0.25) is 0 Å². The number of methoxy groups -OCH3 is 1. The maximum absolute atomic E-state index is 12.6. The third-order valence-electron chi connectivity index (χ3n) is 4.25. The van der Waals surface area contributed by atoms with Crippen molar-refractivity contribution in [1.82, 2.24) is 15.1 Å². The lowest BCUT2D eigenvalue weighted by Crippen LogP contribution is -2.56. The van der Waals surface area contributed by atoms with Gasteiger partial charge in [0.25, 0.3) is 5.91 Å². The van der Waals surface area contributed by atoms with Gasteiger partial charge in [0.2, 0.25) is 5.91 Å². The summed E-state index contributed by atoms with van der Waals surface area (Å²) >= 11 is 0. The molecule has 20 heavy (non-hydrogen) atoms. The smallest absolute Gasteiger partial charge is 0.254 e. The molecule has 6 nitrogen and oxygen atoms in total. The Kier molecular flexibility index (Phi) is 4.65. The highest BCUT2D eigenvalue weighted by molar-refractivity contribution is 5.91. The minimum atomic E-state index is -0.869. The van der Waals surface area contributed by atoms with E-state index in [-0.39, 0.29) is 17.9 Å². The van der Waals surface area contributed by atoms with Crippen LogP contribution in [0.5, 0.6) is 0 Å². The van der Waals surface area contributed by atoms with Crippen molar-refractivity contribution >= 4 is 11.8 Å². The van der Waals surface area contributed by atoms with Crippen LogP contribution in [0.15, 0.2) is 0 Å². The Bertz CT molecular complexity index is 378. The summed E-state index contributed by atoms with van der Waals surface area (Å²) in [4.78, 5) is 28.7. The van der Waals surface area contributed by atoms with Crippen LogP contribution in [-0.2, 0) is 14.3 Å². The lowest BCUT2D eigenvalue weighted by Gasteiger charge is -2.35. The van der Waals surface area contributed by atoms with Gasteiger partial charge in [0.1, 0.15) is 11.6 Å². The molecular weight excluding hydrogens is 258 g/mol. The van der Waals surface area contributed by atoms with Crippen molar-refractivity contribution in [2.75, 3.05) is 39.8 Å². The highest BCUT2D eigenvalue weighted by Crippen LogP contribution is 2.24. The molecule has 6 heteroatoms. The van der Waals surface area contributed by atoms with E-state index in [1.54, 1.807) is 18.7 Å². The molecule has 2 rings (SSSR count). The maximum Gasteiger partial charge on any atom is 0.254 e. The Hall–Kier alpha value is -1.14. The lowest BCUT2D eigenvalue weighted by atomic mass is 10.1. The Morgan fingerprint density at radius 1 is 1.20 bits per heavy atom. The molecule has 1 unspecified atom stereocenters. The number of rotatable bonds is 3. The van der Waals surface area contributed by atoms with Crippen LogP contribution >= 0.6 is 0 Å². The molecule has 114 valence electrons. The van der Waals surface area contributed by atoms with E-state index < -0.39 is 5.60 Å². The topological polar surface area (TPSA) is 61.9 Å². The lowest BCUT2D eigenvalue weighted by molar-refractivity contribution is -0.156. The van der Waals surface area contributed by atoms with Gasteiger partial charge >= 0.3 is 0 Å². The van der Waals surface area contributed by atoms with Crippen molar-refractivity contribution in [3.05, 3.63) is 0 Å². The fourth-order valence-corrected chi connectivity index (χ4v) is 2.80. The van der Waals surface area contributed by atoms with Crippen LogP contribution in [-0.4, -0.2) is 73.1 Å². The predicted molar refractivity (Wildman–Crippen MR) is 75.3 cm³/mol. The van der Waals surface area contributed by atoms with Crippen molar-refractivity contribution in [2.45, 2.75) is 38.3 Å². The van der Waals surface area contributed by atoms with Crippen LogP contribution in [0.4, 0.5) is 0 Å². The summed E-state index contributed by atoms with van der Waals surface area (Å²) in [6.45, 7) is 7.26. The quantitative estimate of drug-likeness (QED) is 0.781. The average Bonchev–Trinajstić information content (AvgIpc) is 2.95. The Morgan fingerprint density at radius 3 is 2.45 bits per heavy atom. The third-order valence-corrected chi connectivity index (χ3v) is 4.25. The SMILES string of the molecule is COC(C)(C)C(=O)N1CCCC1C(=O)N1CCNCC1. The highest BCUT2D eigenvalue weighted by atomic mass is 16.5. The zero-order valence-electron chi connectivity index (χ0n) is 12.6. The Morgan fingerprint density at radius 2 is 1.85 bits per heavy atom. The highest BCUT2D eigenvalue weighted by Gasteiger charge is 2.42. The number of piperazine rings is 1. The van der Waals surface area contributed by atoms with Gasteiger partial charge in [-0.05, 0) is 26.7 Å². The van der Waals surface area contributed by atoms with Crippen LogP contribution in [0.1, 0.15) is 26.7 Å². The first-order chi connectivity index (χ1) is 9.47. The number of nitrogens with one attached hydrogen (secondary N) is 1. The summed E-state index contributed by atoms with van der Waals surface area (Å²) in [6.07, 6.45) is 1.64. The van der Waals surface area contributed by atoms with Gasteiger partial charge in [0, 0.05) is 39.8 Å². The summed E-state index contributed by atoms with van der Waals surface area (Å²) in [5.41, 5.74) is -0.869. The second-order valence-corrected chi connectivity index (χ2v) is 5.95. The van der Waals surface area contributed by atoms with Crippen molar-refractivity contribution < 1.29 is 14.3 Å². The van der Waals surface area contributed by atoms with Gasteiger partial charge in [-0.3, -0.25) is 9.59 Å². The summed E-state index contributed by atoms with van der Waals surface area (Å²) in [5, 5.41) is 3.23. The van der Waals surface area contributed by atoms with E-state index in [9.17, 15) is 9.59 Å². The molecule has 0 aromatic carbocycles. The zero-order chi connectivity index (χ0) is 14.8. The molecule has 2 fully saturated rings. The Labute approximate surface area is 120 Å². The average molecular weight is 283 g/mol. The van der Waals surface area contributed by atoms with E-state index in [2.05, 4.69) is 5.32 Å². The van der Waals surface area contributed by atoms with Crippen LogP contribution < -0.4 is 5.32 Å². The molecule has 2 saturated heterocycles. The number of ether oxygens (including phenoxy) is 1. The normalized spacial score (nSPS) is 24.1. The van der Waals surface area contributed by atoms with Gasteiger partial charge in [-0.2, -0.15) is 0 Å². The monoisotopic (exact) mass is 283 g/mol. The van der Waals surface area contributed by atoms with Gasteiger partial charge in [0.05, 0.1) is 0 Å². The second kappa shape index (κ2) is 6.10. The predicted octanol–water partition coefficient (Wildman–Crippen LogP) is -0.166. The van der Waals surface area contributed by atoms with E-state index >= 15 is 0 Å². The second-order valence-electron chi connectivity index (χ2n) is 5.95. The molecule has 2 amide bonds. The van der Waals surface area contributed by atoms with E-state index in [0.717, 1.165) is 39.0 Å². The largest absolute Gasteiger partial charge is 0.369 e. The maximum atomic E-state index is 12.6. The first-order valence-corrected chi connectivity index (χ1v) is 7.33.